The monoisotopic (exact) mass is 388 g/mol. The summed E-state index contributed by atoms with van der Waals surface area (Å²) >= 11 is 6.04. The van der Waals surface area contributed by atoms with Crippen LogP contribution in [0.25, 0.3) is 0 Å². The van der Waals surface area contributed by atoms with Crippen LogP contribution in [0.1, 0.15) is 40.1 Å². The maximum absolute atomic E-state index is 12.7. The minimum Gasteiger partial charge on any atom is -0.478 e. The molecule has 6 nitrogen and oxygen atoms in total. The molecule has 0 fully saturated rings. The van der Waals surface area contributed by atoms with Gasteiger partial charge in [-0.2, -0.15) is 0 Å². The number of nitrogens with one attached hydrogen (secondary N) is 2. The number of anilines is 1. The van der Waals surface area contributed by atoms with E-state index in [2.05, 4.69) is 10.6 Å². The lowest BCUT2D eigenvalue weighted by molar-refractivity contribution is -0.118. The van der Waals surface area contributed by atoms with Crippen LogP contribution in [0.15, 0.2) is 42.5 Å². The molecule has 0 radical (unpaired) electrons. The minimum absolute atomic E-state index is 0.106. The summed E-state index contributed by atoms with van der Waals surface area (Å²) in [5, 5.41) is 14.9. The summed E-state index contributed by atoms with van der Waals surface area (Å²) in [4.78, 5) is 36.4. The number of hydrogen-bond donors (Lipinski definition) is 3. The van der Waals surface area contributed by atoms with E-state index in [-0.39, 0.29) is 17.0 Å². The normalized spacial score (nSPS) is 11.7. The zero-order chi connectivity index (χ0) is 20.1. The molecule has 0 aliphatic carbocycles. The second kappa shape index (κ2) is 8.68. The second-order valence-electron chi connectivity index (χ2n) is 6.50. The summed E-state index contributed by atoms with van der Waals surface area (Å²) in [5.41, 5.74) is 1.32. The molecule has 3 N–H and O–H groups in total. The first kappa shape index (κ1) is 20.5. The Morgan fingerprint density at radius 3 is 2.30 bits per heavy atom. The van der Waals surface area contributed by atoms with Gasteiger partial charge in [0.25, 0.3) is 5.91 Å². The molecule has 0 aliphatic heterocycles. The number of benzene rings is 2. The molecule has 2 aromatic carbocycles. The first-order valence-corrected chi connectivity index (χ1v) is 8.78. The van der Waals surface area contributed by atoms with Crippen molar-refractivity contribution in [1.29, 1.82) is 0 Å². The lowest BCUT2D eigenvalue weighted by Crippen LogP contribution is -2.47. The Bertz CT molecular complexity index is 880. The Kier molecular flexibility index (Phi) is 6.58. The van der Waals surface area contributed by atoms with Crippen LogP contribution in [0.3, 0.4) is 0 Å². The molecule has 0 spiro atoms. The molecule has 0 aromatic heterocycles. The average Bonchev–Trinajstić information content (AvgIpc) is 2.60. The number of rotatable bonds is 6. The number of carbonyl (C=O) groups excluding carboxylic acids is 2. The third-order valence-corrected chi connectivity index (χ3v) is 4.42. The van der Waals surface area contributed by atoms with E-state index in [1.807, 2.05) is 0 Å². The predicted molar refractivity (Wildman–Crippen MR) is 104 cm³/mol. The van der Waals surface area contributed by atoms with E-state index in [0.717, 1.165) is 0 Å². The van der Waals surface area contributed by atoms with Gasteiger partial charge in [0.2, 0.25) is 5.91 Å². The summed E-state index contributed by atoms with van der Waals surface area (Å²) < 4.78 is 0. The van der Waals surface area contributed by atoms with Crippen molar-refractivity contribution >= 4 is 35.1 Å². The highest BCUT2D eigenvalue weighted by molar-refractivity contribution is 6.33. The summed E-state index contributed by atoms with van der Waals surface area (Å²) in [6.07, 6.45) is 0. The maximum atomic E-state index is 12.7. The minimum atomic E-state index is -1.07. The van der Waals surface area contributed by atoms with Crippen molar-refractivity contribution in [2.75, 3.05) is 5.32 Å². The molecule has 142 valence electrons. The van der Waals surface area contributed by atoms with E-state index in [1.54, 1.807) is 57.2 Å². The highest BCUT2D eigenvalue weighted by Crippen LogP contribution is 2.18. The van der Waals surface area contributed by atoms with Crippen LogP contribution in [-0.2, 0) is 4.79 Å². The van der Waals surface area contributed by atoms with Crippen molar-refractivity contribution in [3.8, 4) is 0 Å². The first-order valence-electron chi connectivity index (χ1n) is 8.41. The fourth-order valence-electron chi connectivity index (χ4n) is 2.55. The van der Waals surface area contributed by atoms with Gasteiger partial charge in [-0.3, -0.25) is 9.59 Å². The van der Waals surface area contributed by atoms with Gasteiger partial charge >= 0.3 is 5.97 Å². The quantitative estimate of drug-likeness (QED) is 0.702. The Balaban J connectivity index is 2.18. The summed E-state index contributed by atoms with van der Waals surface area (Å²) in [6, 6.07) is 10.4. The van der Waals surface area contributed by atoms with Gasteiger partial charge in [-0.15, -0.1) is 0 Å². The molecular formula is C20H21ClN2O4. The van der Waals surface area contributed by atoms with Crippen LogP contribution < -0.4 is 10.6 Å². The van der Waals surface area contributed by atoms with Gasteiger partial charge in [-0.1, -0.05) is 43.6 Å². The van der Waals surface area contributed by atoms with Gasteiger partial charge in [-0.25, -0.2) is 4.79 Å². The zero-order valence-electron chi connectivity index (χ0n) is 15.2. The SMILES string of the molecule is Cc1ccc(NC(=O)C(NC(=O)c2ccccc2Cl)C(C)C)cc1C(=O)O. The molecule has 0 bridgehead atoms. The maximum Gasteiger partial charge on any atom is 0.336 e. The van der Waals surface area contributed by atoms with E-state index >= 15 is 0 Å². The van der Waals surface area contributed by atoms with Gasteiger partial charge in [0.15, 0.2) is 0 Å². The van der Waals surface area contributed by atoms with Crippen LogP contribution >= 0.6 is 11.6 Å². The number of halogens is 1. The van der Waals surface area contributed by atoms with Crippen LogP contribution in [0.2, 0.25) is 5.02 Å². The van der Waals surface area contributed by atoms with Crippen LogP contribution in [0.4, 0.5) is 5.69 Å². The number of aromatic carboxylic acids is 1. The van der Waals surface area contributed by atoms with Crippen molar-refractivity contribution in [2.45, 2.75) is 26.8 Å². The molecule has 2 aromatic rings. The molecule has 0 saturated carbocycles. The Morgan fingerprint density at radius 2 is 1.70 bits per heavy atom. The predicted octanol–water partition coefficient (Wildman–Crippen LogP) is 3.74. The van der Waals surface area contributed by atoms with E-state index in [0.29, 0.717) is 16.3 Å². The fourth-order valence-corrected chi connectivity index (χ4v) is 2.77. The number of carbonyl (C=O) groups is 3. The van der Waals surface area contributed by atoms with E-state index < -0.39 is 23.8 Å². The number of hydrogen-bond acceptors (Lipinski definition) is 3. The highest BCUT2D eigenvalue weighted by atomic mass is 35.5. The van der Waals surface area contributed by atoms with Gasteiger partial charge in [0.05, 0.1) is 16.1 Å². The van der Waals surface area contributed by atoms with Crippen molar-refractivity contribution in [1.82, 2.24) is 5.32 Å². The summed E-state index contributed by atoms with van der Waals surface area (Å²) in [5.74, 6) is -2.16. The molecule has 0 aliphatic rings. The van der Waals surface area contributed by atoms with Crippen molar-refractivity contribution < 1.29 is 19.5 Å². The highest BCUT2D eigenvalue weighted by Gasteiger charge is 2.25. The van der Waals surface area contributed by atoms with E-state index in [4.69, 9.17) is 11.6 Å². The first-order chi connectivity index (χ1) is 12.7. The molecular weight excluding hydrogens is 368 g/mol. The molecule has 1 atom stereocenters. The smallest absolute Gasteiger partial charge is 0.336 e. The van der Waals surface area contributed by atoms with Crippen molar-refractivity contribution in [3.05, 3.63) is 64.2 Å². The van der Waals surface area contributed by atoms with Crippen LogP contribution in [-0.4, -0.2) is 28.9 Å². The number of carboxylic acids is 1. The molecule has 2 rings (SSSR count). The molecule has 0 heterocycles. The molecule has 7 heteroatoms. The number of aryl methyl sites for hydroxylation is 1. The second-order valence-corrected chi connectivity index (χ2v) is 6.91. The lowest BCUT2D eigenvalue weighted by atomic mass is 10.0. The molecule has 1 unspecified atom stereocenters. The van der Waals surface area contributed by atoms with E-state index in [1.165, 1.54) is 6.07 Å². The molecule has 27 heavy (non-hydrogen) atoms. The average molecular weight is 389 g/mol. The molecule has 0 saturated heterocycles. The number of carboxylic acid groups (broad SMARTS) is 1. The summed E-state index contributed by atoms with van der Waals surface area (Å²) in [6.45, 7) is 5.28. The van der Waals surface area contributed by atoms with E-state index in [9.17, 15) is 19.5 Å². The third-order valence-electron chi connectivity index (χ3n) is 4.09. The van der Waals surface area contributed by atoms with Crippen molar-refractivity contribution in [3.63, 3.8) is 0 Å². The Labute approximate surface area is 162 Å². The van der Waals surface area contributed by atoms with Gasteiger partial charge in [-0.05, 0) is 42.7 Å². The number of amides is 2. The Morgan fingerprint density at radius 1 is 1.04 bits per heavy atom. The zero-order valence-corrected chi connectivity index (χ0v) is 16.0. The van der Waals surface area contributed by atoms with Crippen molar-refractivity contribution in [2.24, 2.45) is 5.92 Å². The Hall–Kier alpha value is -2.86. The fraction of sp³-hybridized carbons (Fsp3) is 0.250. The standard InChI is InChI=1S/C20H21ClN2O4/c1-11(2)17(23-18(24)14-6-4-5-7-16(14)21)19(25)22-13-9-8-12(3)15(10-13)20(26)27/h4-11,17H,1-3H3,(H,22,25)(H,23,24)(H,26,27). The largest absolute Gasteiger partial charge is 0.478 e. The van der Waals surface area contributed by atoms with Gasteiger partial charge in [0, 0.05) is 5.69 Å². The van der Waals surface area contributed by atoms with Crippen LogP contribution in [0, 0.1) is 12.8 Å². The lowest BCUT2D eigenvalue weighted by Gasteiger charge is -2.22. The van der Waals surface area contributed by atoms with Gasteiger partial charge < -0.3 is 15.7 Å². The molecule has 2 amide bonds. The van der Waals surface area contributed by atoms with Crippen LogP contribution in [0.5, 0.6) is 0 Å². The third kappa shape index (κ3) is 5.08. The topological polar surface area (TPSA) is 95.5 Å². The van der Waals surface area contributed by atoms with Gasteiger partial charge in [0.1, 0.15) is 6.04 Å². The summed E-state index contributed by atoms with van der Waals surface area (Å²) in [7, 11) is 0.